The van der Waals surface area contributed by atoms with Gasteiger partial charge in [-0.15, -0.1) is 11.6 Å². The second kappa shape index (κ2) is 4.35. The minimum atomic E-state index is 0.429. The van der Waals surface area contributed by atoms with Gasteiger partial charge < -0.3 is 4.90 Å². The van der Waals surface area contributed by atoms with Crippen molar-refractivity contribution in [2.75, 3.05) is 11.4 Å². The molecule has 0 spiro atoms. The van der Waals surface area contributed by atoms with Gasteiger partial charge in [0.15, 0.2) is 0 Å². The molecule has 4 heteroatoms. The van der Waals surface area contributed by atoms with E-state index in [9.17, 15) is 0 Å². The number of aromatic nitrogens is 2. The van der Waals surface area contributed by atoms with Crippen LogP contribution in [0.1, 0.15) is 26.0 Å². The van der Waals surface area contributed by atoms with Crippen molar-refractivity contribution in [1.82, 2.24) is 9.97 Å². The summed E-state index contributed by atoms with van der Waals surface area (Å²) >= 11 is 5.75. The van der Waals surface area contributed by atoms with E-state index in [4.69, 9.17) is 11.6 Å². The summed E-state index contributed by atoms with van der Waals surface area (Å²) in [5.41, 5.74) is 0.848. The monoisotopic (exact) mass is 225 g/mol. The zero-order chi connectivity index (χ0) is 10.8. The van der Waals surface area contributed by atoms with Gasteiger partial charge in [0.1, 0.15) is 5.82 Å². The number of alkyl halides is 1. The van der Waals surface area contributed by atoms with Gasteiger partial charge in [0.2, 0.25) is 0 Å². The quantitative estimate of drug-likeness (QED) is 0.724. The average Bonchev–Trinajstić information content (AvgIpc) is 2.58. The van der Waals surface area contributed by atoms with Gasteiger partial charge in [-0.3, -0.25) is 4.98 Å². The van der Waals surface area contributed by atoms with Crippen LogP contribution in [0.25, 0.3) is 0 Å². The van der Waals surface area contributed by atoms with E-state index >= 15 is 0 Å². The first kappa shape index (κ1) is 10.7. The Hall–Kier alpha value is -0.830. The number of rotatable bonds is 2. The number of hydrogen-bond acceptors (Lipinski definition) is 3. The van der Waals surface area contributed by atoms with E-state index in [0.717, 1.165) is 24.0 Å². The predicted molar refractivity (Wildman–Crippen MR) is 62.2 cm³/mol. The molecule has 82 valence electrons. The molecule has 2 atom stereocenters. The summed E-state index contributed by atoms with van der Waals surface area (Å²) in [7, 11) is 0. The first-order chi connectivity index (χ1) is 7.20. The smallest absolute Gasteiger partial charge is 0.147 e. The molecule has 2 heterocycles. The Morgan fingerprint density at radius 2 is 2.27 bits per heavy atom. The Bertz CT molecular complexity index is 342. The average molecular weight is 226 g/mol. The molecule has 0 aromatic carbocycles. The number of halogens is 1. The van der Waals surface area contributed by atoms with Crippen molar-refractivity contribution in [1.29, 1.82) is 0 Å². The number of anilines is 1. The van der Waals surface area contributed by atoms with Crippen LogP contribution in [-0.2, 0) is 5.88 Å². The van der Waals surface area contributed by atoms with E-state index in [-0.39, 0.29) is 0 Å². The SMILES string of the molecule is CC1CC(C)N(c2cncc(CCl)n2)C1. The minimum Gasteiger partial charge on any atom is -0.352 e. The second-order valence-corrected chi connectivity index (χ2v) is 4.61. The molecule has 1 aliphatic heterocycles. The summed E-state index contributed by atoms with van der Waals surface area (Å²) in [6, 6.07) is 0.555. The van der Waals surface area contributed by atoms with Crippen molar-refractivity contribution >= 4 is 17.4 Å². The van der Waals surface area contributed by atoms with E-state index in [1.165, 1.54) is 6.42 Å². The van der Waals surface area contributed by atoms with Crippen LogP contribution in [0.15, 0.2) is 12.4 Å². The molecule has 15 heavy (non-hydrogen) atoms. The molecule has 0 radical (unpaired) electrons. The van der Waals surface area contributed by atoms with E-state index in [0.29, 0.717) is 11.9 Å². The molecule has 0 N–H and O–H groups in total. The summed E-state index contributed by atoms with van der Waals surface area (Å²) < 4.78 is 0. The Balaban J connectivity index is 2.21. The van der Waals surface area contributed by atoms with E-state index in [1.807, 2.05) is 6.20 Å². The van der Waals surface area contributed by atoms with Crippen molar-refractivity contribution < 1.29 is 0 Å². The lowest BCUT2D eigenvalue weighted by molar-refractivity contribution is 0.625. The van der Waals surface area contributed by atoms with Crippen LogP contribution in [0.5, 0.6) is 0 Å². The highest BCUT2D eigenvalue weighted by Gasteiger charge is 2.27. The Morgan fingerprint density at radius 3 is 2.87 bits per heavy atom. The highest BCUT2D eigenvalue weighted by Crippen LogP contribution is 2.26. The third-order valence-corrected chi connectivity index (χ3v) is 3.16. The predicted octanol–water partition coefficient (Wildman–Crippen LogP) is 2.45. The molecule has 0 saturated carbocycles. The summed E-state index contributed by atoms with van der Waals surface area (Å²) in [5.74, 6) is 2.13. The van der Waals surface area contributed by atoms with Crippen molar-refractivity contribution in [2.45, 2.75) is 32.2 Å². The lowest BCUT2D eigenvalue weighted by Crippen LogP contribution is -2.27. The van der Waals surface area contributed by atoms with E-state index < -0.39 is 0 Å². The minimum absolute atomic E-state index is 0.429. The lowest BCUT2D eigenvalue weighted by Gasteiger charge is -2.22. The largest absolute Gasteiger partial charge is 0.352 e. The molecule has 0 aliphatic carbocycles. The maximum atomic E-state index is 5.75. The fourth-order valence-electron chi connectivity index (χ4n) is 2.22. The molecule has 1 aromatic rings. The van der Waals surface area contributed by atoms with Gasteiger partial charge >= 0.3 is 0 Å². The summed E-state index contributed by atoms with van der Waals surface area (Å²) in [5, 5.41) is 0. The first-order valence-electron chi connectivity index (χ1n) is 5.34. The van der Waals surface area contributed by atoms with E-state index in [1.54, 1.807) is 6.20 Å². The molecule has 1 saturated heterocycles. The zero-order valence-corrected chi connectivity index (χ0v) is 9.91. The molecule has 0 amide bonds. The molecule has 2 rings (SSSR count). The second-order valence-electron chi connectivity index (χ2n) is 4.34. The summed E-state index contributed by atoms with van der Waals surface area (Å²) in [6.45, 7) is 5.58. The van der Waals surface area contributed by atoms with Crippen LogP contribution in [0.2, 0.25) is 0 Å². The Labute approximate surface area is 95.5 Å². The maximum absolute atomic E-state index is 5.75. The van der Waals surface area contributed by atoms with Gasteiger partial charge in [0, 0.05) is 18.8 Å². The van der Waals surface area contributed by atoms with Gasteiger partial charge in [0.05, 0.1) is 17.8 Å². The lowest BCUT2D eigenvalue weighted by atomic mass is 10.1. The molecular formula is C11H16ClN3. The highest BCUT2D eigenvalue weighted by atomic mass is 35.5. The van der Waals surface area contributed by atoms with E-state index in [2.05, 4.69) is 28.7 Å². The van der Waals surface area contributed by atoms with Crippen LogP contribution in [0.4, 0.5) is 5.82 Å². The molecule has 1 aromatic heterocycles. The molecular weight excluding hydrogens is 210 g/mol. The van der Waals surface area contributed by atoms with Gasteiger partial charge in [-0.1, -0.05) is 6.92 Å². The summed E-state index contributed by atoms with van der Waals surface area (Å²) in [6.07, 6.45) is 4.78. The topological polar surface area (TPSA) is 29.0 Å². The van der Waals surface area contributed by atoms with Crippen LogP contribution < -0.4 is 4.90 Å². The van der Waals surface area contributed by atoms with Crippen LogP contribution >= 0.6 is 11.6 Å². The van der Waals surface area contributed by atoms with Crippen molar-refractivity contribution in [3.05, 3.63) is 18.1 Å². The molecule has 1 aliphatic rings. The number of hydrogen-bond donors (Lipinski definition) is 0. The van der Waals surface area contributed by atoms with Crippen molar-refractivity contribution in [2.24, 2.45) is 5.92 Å². The molecule has 0 bridgehead atoms. The Morgan fingerprint density at radius 1 is 1.47 bits per heavy atom. The third kappa shape index (κ3) is 2.23. The summed E-state index contributed by atoms with van der Waals surface area (Å²) in [4.78, 5) is 11.0. The highest BCUT2D eigenvalue weighted by molar-refractivity contribution is 6.16. The fraction of sp³-hybridized carbons (Fsp3) is 0.636. The maximum Gasteiger partial charge on any atom is 0.147 e. The standard InChI is InChI=1S/C11H16ClN3/c1-8-3-9(2)15(7-8)11-6-13-5-10(4-12)14-11/h5-6,8-9H,3-4,7H2,1-2H3. The van der Waals surface area contributed by atoms with Crippen LogP contribution in [-0.4, -0.2) is 22.6 Å². The van der Waals surface area contributed by atoms with Gasteiger partial charge in [0.25, 0.3) is 0 Å². The van der Waals surface area contributed by atoms with Crippen molar-refractivity contribution in [3.63, 3.8) is 0 Å². The zero-order valence-electron chi connectivity index (χ0n) is 9.15. The molecule has 3 nitrogen and oxygen atoms in total. The molecule has 1 fully saturated rings. The first-order valence-corrected chi connectivity index (χ1v) is 5.87. The third-order valence-electron chi connectivity index (χ3n) is 2.89. The Kier molecular flexibility index (Phi) is 3.10. The fourth-order valence-corrected chi connectivity index (χ4v) is 2.35. The van der Waals surface area contributed by atoms with Gasteiger partial charge in [-0.25, -0.2) is 4.98 Å². The normalized spacial score (nSPS) is 25.9. The van der Waals surface area contributed by atoms with Crippen LogP contribution in [0, 0.1) is 5.92 Å². The molecule has 2 unspecified atom stereocenters. The van der Waals surface area contributed by atoms with Gasteiger partial charge in [-0.2, -0.15) is 0 Å². The van der Waals surface area contributed by atoms with Gasteiger partial charge in [-0.05, 0) is 19.3 Å². The van der Waals surface area contributed by atoms with Crippen molar-refractivity contribution in [3.8, 4) is 0 Å². The van der Waals surface area contributed by atoms with Crippen LogP contribution in [0.3, 0.4) is 0 Å². The number of nitrogens with zero attached hydrogens (tertiary/aromatic N) is 3.